The minimum absolute atomic E-state index is 0.583. The monoisotopic (exact) mass is 423 g/mol. The van der Waals surface area contributed by atoms with E-state index >= 15 is 0 Å². The average molecular weight is 424 g/mol. The Morgan fingerprint density at radius 1 is 1.10 bits per heavy atom. The van der Waals surface area contributed by atoms with Crippen LogP contribution < -0.4 is 4.74 Å². The highest BCUT2D eigenvalue weighted by Crippen LogP contribution is 2.32. The van der Waals surface area contributed by atoms with Crippen LogP contribution in [0.2, 0.25) is 5.02 Å². The number of thioether (sulfide) groups is 1. The third-order valence-corrected chi connectivity index (χ3v) is 6.09. The van der Waals surface area contributed by atoms with E-state index in [1.807, 2.05) is 35.8 Å². The first-order valence-electron chi connectivity index (χ1n) is 9.51. The molecule has 0 fully saturated rings. The lowest BCUT2D eigenvalue weighted by molar-refractivity contribution is 0.340. The van der Waals surface area contributed by atoms with E-state index < -0.39 is 0 Å². The second-order valence-corrected chi connectivity index (χ2v) is 8.26. The number of halogens is 1. The van der Waals surface area contributed by atoms with Crippen LogP contribution in [0.4, 0.5) is 0 Å². The summed E-state index contributed by atoms with van der Waals surface area (Å²) < 4.78 is 7.40. The Morgan fingerprint density at radius 2 is 1.97 bits per heavy atom. The molecule has 2 heterocycles. The highest BCUT2D eigenvalue weighted by molar-refractivity contribution is 7.98. The van der Waals surface area contributed by atoms with Crippen molar-refractivity contribution in [2.45, 2.75) is 31.6 Å². The summed E-state index contributed by atoms with van der Waals surface area (Å²) in [6.45, 7) is 6.80. The van der Waals surface area contributed by atoms with Gasteiger partial charge in [-0.2, -0.15) is 5.10 Å². The number of benzene rings is 2. The van der Waals surface area contributed by atoms with Gasteiger partial charge in [0.15, 0.2) is 0 Å². The van der Waals surface area contributed by atoms with Crippen molar-refractivity contribution in [1.82, 2.24) is 14.6 Å². The van der Waals surface area contributed by atoms with Crippen LogP contribution in [0, 0.1) is 13.8 Å². The van der Waals surface area contributed by atoms with E-state index in [-0.39, 0.29) is 0 Å². The van der Waals surface area contributed by atoms with Gasteiger partial charge in [-0.15, -0.1) is 0 Å². The molecular weight excluding hydrogens is 402 g/mol. The first-order chi connectivity index (χ1) is 14.0. The smallest absolute Gasteiger partial charge is 0.137 e. The summed E-state index contributed by atoms with van der Waals surface area (Å²) in [5.41, 5.74) is 6.70. The topological polar surface area (TPSA) is 39.4 Å². The molecule has 6 heteroatoms. The fourth-order valence-electron chi connectivity index (χ4n) is 3.18. The molecule has 0 amide bonds. The molecule has 2 aromatic carbocycles. The third kappa shape index (κ3) is 4.26. The van der Waals surface area contributed by atoms with Gasteiger partial charge >= 0.3 is 0 Å². The van der Waals surface area contributed by atoms with Crippen molar-refractivity contribution < 1.29 is 4.74 Å². The van der Waals surface area contributed by atoms with Gasteiger partial charge in [-0.3, -0.25) is 0 Å². The van der Waals surface area contributed by atoms with Crippen LogP contribution >= 0.6 is 23.4 Å². The molecule has 0 aliphatic heterocycles. The van der Waals surface area contributed by atoms with Crippen molar-refractivity contribution >= 4 is 28.9 Å². The molecule has 0 aliphatic carbocycles. The van der Waals surface area contributed by atoms with Gasteiger partial charge < -0.3 is 4.74 Å². The summed E-state index contributed by atoms with van der Waals surface area (Å²) >= 11 is 8.09. The molecule has 2 aromatic heterocycles. The van der Waals surface area contributed by atoms with E-state index in [4.69, 9.17) is 21.4 Å². The summed E-state index contributed by atoms with van der Waals surface area (Å²) in [4.78, 5) is 4.59. The third-order valence-electron chi connectivity index (χ3n) is 4.75. The van der Waals surface area contributed by atoms with Crippen LogP contribution in [0.3, 0.4) is 0 Å². The summed E-state index contributed by atoms with van der Waals surface area (Å²) in [6, 6.07) is 14.4. The molecule has 4 nitrogen and oxygen atoms in total. The van der Waals surface area contributed by atoms with E-state index in [9.17, 15) is 0 Å². The fourth-order valence-corrected chi connectivity index (χ4v) is 4.46. The van der Waals surface area contributed by atoms with Crippen molar-refractivity contribution in [3.8, 4) is 17.0 Å². The number of aromatic nitrogens is 3. The van der Waals surface area contributed by atoms with Gasteiger partial charge in [0.25, 0.3) is 0 Å². The molecule has 0 radical (unpaired) electrons. The molecular formula is C23H22ClN3OS. The zero-order valence-electron chi connectivity index (χ0n) is 16.6. The first-order valence-corrected chi connectivity index (χ1v) is 10.9. The van der Waals surface area contributed by atoms with Gasteiger partial charge in [-0.1, -0.05) is 47.1 Å². The number of nitrogens with zero attached hydrogens (tertiary/aromatic N) is 3. The van der Waals surface area contributed by atoms with Crippen molar-refractivity contribution in [1.29, 1.82) is 0 Å². The molecule has 0 saturated heterocycles. The lowest BCUT2D eigenvalue weighted by Crippen LogP contribution is -1.93. The van der Waals surface area contributed by atoms with Crippen LogP contribution in [0.15, 0.2) is 59.9 Å². The molecule has 0 unspecified atom stereocenters. The highest BCUT2D eigenvalue weighted by atomic mass is 35.5. The number of ether oxygens (including phenoxy) is 1. The average Bonchev–Trinajstić information content (AvgIpc) is 3.15. The van der Waals surface area contributed by atoms with E-state index in [1.54, 1.807) is 18.0 Å². The standard InChI is InChI=1S/C23H22ClN3OS/c1-4-28-22-8-7-17(12-19(22)24)20-13-21-23(25-9-10-27(21)26-20)29-14-18-11-15(2)5-6-16(18)3/h5-13H,4,14H2,1-3H3. The predicted molar refractivity (Wildman–Crippen MR) is 120 cm³/mol. The minimum Gasteiger partial charge on any atom is -0.492 e. The van der Waals surface area contributed by atoms with E-state index in [0.717, 1.165) is 27.6 Å². The molecule has 0 N–H and O–H groups in total. The number of fused-ring (bicyclic) bond motifs is 1. The van der Waals surface area contributed by atoms with Gasteiger partial charge in [0.05, 0.1) is 22.8 Å². The predicted octanol–water partition coefficient (Wildman–Crippen LogP) is 6.36. The normalized spacial score (nSPS) is 11.2. The SMILES string of the molecule is CCOc1ccc(-c2cc3c(SCc4cc(C)ccc4C)nccn3n2)cc1Cl. The van der Waals surface area contributed by atoms with E-state index in [1.165, 1.54) is 16.7 Å². The van der Waals surface area contributed by atoms with Crippen molar-refractivity contribution in [3.05, 3.63) is 76.6 Å². The van der Waals surface area contributed by atoms with Gasteiger partial charge in [-0.05, 0) is 56.2 Å². The molecule has 0 spiro atoms. The van der Waals surface area contributed by atoms with Gasteiger partial charge in [0.2, 0.25) is 0 Å². The van der Waals surface area contributed by atoms with Gasteiger partial charge in [-0.25, -0.2) is 9.50 Å². The minimum atomic E-state index is 0.583. The lowest BCUT2D eigenvalue weighted by Gasteiger charge is -2.07. The van der Waals surface area contributed by atoms with Gasteiger partial charge in [0, 0.05) is 23.7 Å². The van der Waals surface area contributed by atoms with Crippen LogP contribution in [0.5, 0.6) is 5.75 Å². The molecule has 0 aliphatic rings. The van der Waals surface area contributed by atoms with Crippen molar-refractivity contribution in [2.24, 2.45) is 0 Å². The zero-order valence-corrected chi connectivity index (χ0v) is 18.2. The number of hydrogen-bond donors (Lipinski definition) is 0. The van der Waals surface area contributed by atoms with Crippen LogP contribution in [-0.2, 0) is 5.75 Å². The second-order valence-electron chi connectivity index (χ2n) is 6.89. The largest absolute Gasteiger partial charge is 0.492 e. The molecule has 0 bridgehead atoms. The number of hydrogen-bond acceptors (Lipinski definition) is 4. The molecule has 0 atom stereocenters. The highest BCUT2D eigenvalue weighted by Gasteiger charge is 2.12. The maximum Gasteiger partial charge on any atom is 0.137 e. The number of rotatable bonds is 6. The van der Waals surface area contributed by atoms with Crippen molar-refractivity contribution in [2.75, 3.05) is 6.61 Å². The number of aryl methyl sites for hydroxylation is 2. The Morgan fingerprint density at radius 3 is 2.76 bits per heavy atom. The fraction of sp³-hybridized carbons (Fsp3) is 0.217. The summed E-state index contributed by atoms with van der Waals surface area (Å²) in [6.07, 6.45) is 3.66. The Kier molecular flexibility index (Phi) is 5.79. The van der Waals surface area contributed by atoms with E-state index in [0.29, 0.717) is 17.4 Å². The van der Waals surface area contributed by atoms with Crippen LogP contribution in [0.1, 0.15) is 23.6 Å². The first kappa shape index (κ1) is 19.8. The quantitative estimate of drug-likeness (QED) is 0.338. The maximum atomic E-state index is 6.36. The summed E-state index contributed by atoms with van der Waals surface area (Å²) in [5.74, 6) is 1.56. The zero-order chi connectivity index (χ0) is 20.4. The van der Waals surface area contributed by atoms with Crippen LogP contribution in [-0.4, -0.2) is 21.2 Å². The Hall–Kier alpha value is -2.50. The molecule has 0 saturated carbocycles. The molecule has 29 heavy (non-hydrogen) atoms. The maximum absolute atomic E-state index is 6.36. The summed E-state index contributed by atoms with van der Waals surface area (Å²) in [7, 11) is 0. The second kappa shape index (κ2) is 8.47. The van der Waals surface area contributed by atoms with Crippen molar-refractivity contribution in [3.63, 3.8) is 0 Å². The Bertz CT molecular complexity index is 1170. The molecule has 4 aromatic rings. The van der Waals surface area contributed by atoms with Crippen LogP contribution in [0.25, 0.3) is 16.8 Å². The lowest BCUT2D eigenvalue weighted by atomic mass is 10.1. The summed E-state index contributed by atoms with van der Waals surface area (Å²) in [5, 5.41) is 6.26. The Balaban J connectivity index is 1.63. The molecule has 148 valence electrons. The Labute approximate surface area is 179 Å². The molecule has 4 rings (SSSR count). The van der Waals surface area contributed by atoms with E-state index in [2.05, 4.69) is 43.1 Å². The van der Waals surface area contributed by atoms with Gasteiger partial charge in [0.1, 0.15) is 10.8 Å².